The number of fused-ring (bicyclic) bond motifs is 1. The van der Waals surface area contributed by atoms with Crippen molar-refractivity contribution >= 4 is 28.7 Å². The Labute approximate surface area is 139 Å². The van der Waals surface area contributed by atoms with Crippen LogP contribution in [-0.2, 0) is 17.4 Å². The van der Waals surface area contributed by atoms with Crippen molar-refractivity contribution in [1.82, 2.24) is 0 Å². The summed E-state index contributed by atoms with van der Waals surface area (Å²) in [4.78, 5) is 24.7. The number of benzene rings is 1. The van der Waals surface area contributed by atoms with Crippen molar-refractivity contribution in [3.8, 4) is 0 Å². The normalized spacial score (nSPS) is 15.0. The Morgan fingerprint density at radius 1 is 1.00 bits per heavy atom. The quantitative estimate of drug-likeness (QED) is 0.831. The van der Waals surface area contributed by atoms with E-state index in [1.54, 1.807) is 12.1 Å². The molecule has 0 saturated carbocycles. The number of hydrogen-bond acceptors (Lipinski definition) is 4. The summed E-state index contributed by atoms with van der Waals surface area (Å²) in [6, 6.07) is 7.22. The highest BCUT2D eigenvalue weighted by Crippen LogP contribution is 2.34. The van der Waals surface area contributed by atoms with Gasteiger partial charge in [-0.1, -0.05) is 24.3 Å². The van der Waals surface area contributed by atoms with Gasteiger partial charge in [-0.15, -0.1) is 11.3 Å². The maximum atomic E-state index is 12.6. The Kier molecular flexibility index (Phi) is 4.04. The Balaban J connectivity index is 1.86. The Morgan fingerprint density at radius 2 is 1.67 bits per heavy atom. The summed E-state index contributed by atoms with van der Waals surface area (Å²) in [6.07, 6.45) is -4.27. The van der Waals surface area contributed by atoms with Crippen LogP contribution in [0.3, 0.4) is 0 Å². The van der Waals surface area contributed by atoms with Crippen LogP contribution in [0.5, 0.6) is 0 Å². The van der Waals surface area contributed by atoms with Crippen LogP contribution in [0, 0.1) is 0 Å². The van der Waals surface area contributed by atoms with E-state index in [0.29, 0.717) is 4.88 Å². The number of alkyl halides is 3. The maximum Gasteiger partial charge on any atom is 0.417 e. The molecule has 0 amide bonds. The third-order valence-corrected chi connectivity index (χ3v) is 4.79. The number of halogens is 3. The molecule has 7 heteroatoms. The number of rotatable bonds is 3. The van der Waals surface area contributed by atoms with Gasteiger partial charge in [0.15, 0.2) is 0 Å². The molecule has 1 N–H and O–H groups in total. The van der Waals surface area contributed by atoms with Gasteiger partial charge in [-0.25, -0.2) is 0 Å². The van der Waals surface area contributed by atoms with Crippen molar-refractivity contribution in [2.45, 2.75) is 19.0 Å². The number of hydrogen-bond donors (Lipinski definition) is 1. The van der Waals surface area contributed by atoms with Gasteiger partial charge in [-0.3, -0.25) is 9.59 Å². The van der Waals surface area contributed by atoms with Crippen LogP contribution in [0.4, 0.5) is 13.2 Å². The molecule has 24 heavy (non-hydrogen) atoms. The zero-order valence-electron chi connectivity index (χ0n) is 12.2. The van der Waals surface area contributed by atoms with Crippen LogP contribution >= 0.6 is 11.3 Å². The Hall–Kier alpha value is -2.41. The van der Waals surface area contributed by atoms with Gasteiger partial charge in [0.05, 0.1) is 5.56 Å². The first-order valence-electron chi connectivity index (χ1n) is 7.04. The van der Waals surface area contributed by atoms with Gasteiger partial charge in [0.2, 0.25) is 11.6 Å². The predicted molar refractivity (Wildman–Crippen MR) is 83.0 cm³/mol. The highest BCUT2D eigenvalue weighted by atomic mass is 32.1. The molecule has 1 heterocycles. The van der Waals surface area contributed by atoms with Crippen molar-refractivity contribution in [3.05, 3.63) is 62.9 Å². The second-order valence-electron chi connectivity index (χ2n) is 5.33. The summed E-state index contributed by atoms with van der Waals surface area (Å²) in [7, 11) is 0. The first kappa shape index (κ1) is 16.4. The molecule has 1 aromatic heterocycles. The summed E-state index contributed by atoms with van der Waals surface area (Å²) in [5.41, 5.74) is -0.378. The van der Waals surface area contributed by atoms with Crippen LogP contribution in [0.15, 0.2) is 41.3 Å². The molecule has 3 rings (SSSR count). The van der Waals surface area contributed by atoms with Crippen LogP contribution < -0.4 is 0 Å². The van der Waals surface area contributed by atoms with E-state index in [4.69, 9.17) is 0 Å². The molecule has 3 nitrogen and oxygen atoms in total. The van der Waals surface area contributed by atoms with Crippen LogP contribution in [0.25, 0.3) is 5.76 Å². The fourth-order valence-electron chi connectivity index (χ4n) is 2.56. The van der Waals surface area contributed by atoms with Crippen molar-refractivity contribution in [3.63, 3.8) is 0 Å². The molecular weight excluding hydrogens is 341 g/mol. The molecule has 0 bridgehead atoms. The number of aryl methyl sites for hydroxylation is 1. The first-order chi connectivity index (χ1) is 11.3. The molecular formula is C17H11F3O3S. The van der Waals surface area contributed by atoms with E-state index in [1.807, 2.05) is 0 Å². The van der Waals surface area contributed by atoms with E-state index < -0.39 is 23.3 Å². The second kappa shape index (κ2) is 5.90. The molecule has 0 radical (unpaired) electrons. The number of aliphatic hydroxyl groups is 1. The summed E-state index contributed by atoms with van der Waals surface area (Å²) in [5, 5.41) is 11.3. The fraction of sp³-hybridized carbons (Fsp3) is 0.176. The lowest BCUT2D eigenvalue weighted by atomic mass is 9.86. The zero-order chi connectivity index (χ0) is 17.5. The lowest BCUT2D eigenvalue weighted by molar-refractivity contribution is -0.137. The molecule has 0 saturated heterocycles. The minimum atomic E-state index is -4.41. The average molecular weight is 352 g/mol. The molecule has 0 atom stereocenters. The van der Waals surface area contributed by atoms with Crippen molar-refractivity contribution < 1.29 is 27.9 Å². The van der Waals surface area contributed by atoms with E-state index >= 15 is 0 Å². The van der Waals surface area contributed by atoms with E-state index in [1.165, 1.54) is 12.1 Å². The fourth-order valence-corrected chi connectivity index (χ4v) is 3.45. The van der Waals surface area contributed by atoms with E-state index in [2.05, 4.69) is 0 Å². The average Bonchev–Trinajstić information content (AvgIpc) is 3.02. The number of thiophene rings is 1. The van der Waals surface area contributed by atoms with E-state index in [9.17, 15) is 27.9 Å². The molecule has 2 aromatic rings. The topological polar surface area (TPSA) is 54.4 Å². The van der Waals surface area contributed by atoms with E-state index in [-0.39, 0.29) is 35.3 Å². The first-order valence-corrected chi connectivity index (χ1v) is 7.92. The molecule has 124 valence electrons. The Morgan fingerprint density at radius 3 is 2.29 bits per heavy atom. The smallest absolute Gasteiger partial charge is 0.417 e. The standard InChI is InChI=1S/C17H11F3O3S/c18-17(19,20)9-7-10(24-8-9)5-6-13-14(21)11-3-1-2-4-12(11)15(22)16(13)23/h1-4,7-8,21H,5-6H2. The van der Waals surface area contributed by atoms with Gasteiger partial charge in [0.25, 0.3) is 0 Å². The van der Waals surface area contributed by atoms with Gasteiger partial charge < -0.3 is 5.11 Å². The number of carbonyl (C=O) groups is 2. The number of aliphatic hydroxyl groups excluding tert-OH is 1. The molecule has 0 spiro atoms. The van der Waals surface area contributed by atoms with E-state index in [0.717, 1.165) is 22.8 Å². The molecule has 1 aliphatic carbocycles. The third-order valence-electron chi connectivity index (χ3n) is 3.80. The van der Waals surface area contributed by atoms with Gasteiger partial charge >= 0.3 is 6.18 Å². The minimum absolute atomic E-state index is 0.00253. The number of Topliss-reactive ketones (excluding diaryl/α,β-unsaturated/α-hetero) is 2. The largest absolute Gasteiger partial charge is 0.507 e. The van der Waals surface area contributed by atoms with Gasteiger partial charge in [-0.05, 0) is 18.9 Å². The number of carbonyl (C=O) groups excluding carboxylic acids is 2. The molecule has 0 aliphatic heterocycles. The number of ketones is 2. The van der Waals surface area contributed by atoms with Gasteiger partial charge in [0.1, 0.15) is 5.76 Å². The summed E-state index contributed by atoms with van der Waals surface area (Å²) in [5.74, 6) is -1.79. The lowest BCUT2D eigenvalue weighted by Gasteiger charge is -2.17. The predicted octanol–water partition coefficient (Wildman–Crippen LogP) is 4.43. The second-order valence-corrected chi connectivity index (χ2v) is 6.33. The Bertz CT molecular complexity index is 862. The SMILES string of the molecule is O=C1C(=O)c2ccccc2C(O)=C1CCc1cc(C(F)(F)F)cs1. The molecule has 0 fully saturated rings. The van der Waals surface area contributed by atoms with Gasteiger partial charge in [0, 0.05) is 27.0 Å². The maximum absolute atomic E-state index is 12.6. The highest BCUT2D eigenvalue weighted by molar-refractivity contribution is 7.10. The van der Waals surface area contributed by atoms with Crippen LogP contribution in [0.2, 0.25) is 0 Å². The minimum Gasteiger partial charge on any atom is -0.507 e. The van der Waals surface area contributed by atoms with Crippen molar-refractivity contribution in [2.75, 3.05) is 0 Å². The monoisotopic (exact) mass is 352 g/mol. The van der Waals surface area contributed by atoms with Crippen LogP contribution in [0.1, 0.15) is 32.8 Å². The van der Waals surface area contributed by atoms with Crippen LogP contribution in [-0.4, -0.2) is 16.7 Å². The number of allylic oxidation sites excluding steroid dienone is 1. The summed E-state index contributed by atoms with van der Waals surface area (Å²) < 4.78 is 37.8. The van der Waals surface area contributed by atoms with Gasteiger partial charge in [-0.2, -0.15) is 13.2 Å². The summed E-state index contributed by atoms with van der Waals surface area (Å²) >= 11 is 0.933. The third kappa shape index (κ3) is 2.87. The van der Waals surface area contributed by atoms with Crippen molar-refractivity contribution in [1.29, 1.82) is 0 Å². The molecule has 1 aliphatic rings. The lowest BCUT2D eigenvalue weighted by Crippen LogP contribution is -2.24. The zero-order valence-corrected chi connectivity index (χ0v) is 13.0. The molecule has 1 aromatic carbocycles. The van der Waals surface area contributed by atoms with Crippen molar-refractivity contribution in [2.24, 2.45) is 0 Å². The molecule has 0 unspecified atom stereocenters. The highest BCUT2D eigenvalue weighted by Gasteiger charge is 2.33. The summed E-state index contributed by atoms with van der Waals surface area (Å²) in [6.45, 7) is 0.